The van der Waals surface area contributed by atoms with E-state index in [9.17, 15) is 4.79 Å². The molecule has 0 aromatic heterocycles. The van der Waals surface area contributed by atoms with E-state index in [0.717, 1.165) is 42.6 Å². The number of hydrogen-bond donors (Lipinski definition) is 1. The summed E-state index contributed by atoms with van der Waals surface area (Å²) in [5.74, 6) is 0.194. The molecule has 1 aliphatic heterocycles. The number of hydrogen-bond acceptors (Lipinski definition) is 3. The highest BCUT2D eigenvalue weighted by atomic mass is 79.9. The first-order valence-electron chi connectivity index (χ1n) is 5.98. The predicted molar refractivity (Wildman–Crippen MR) is 72.4 cm³/mol. The molecule has 2 rings (SSSR count). The van der Waals surface area contributed by atoms with E-state index in [0.29, 0.717) is 6.54 Å². The van der Waals surface area contributed by atoms with Gasteiger partial charge in [0.1, 0.15) is 0 Å². The molecular weight excluding hydrogens is 280 g/mol. The topological polar surface area (TPSA) is 32.3 Å². The van der Waals surface area contributed by atoms with Crippen LogP contribution in [0.1, 0.15) is 16.8 Å². The van der Waals surface area contributed by atoms with Gasteiger partial charge in [0.2, 0.25) is 0 Å². The summed E-state index contributed by atoms with van der Waals surface area (Å²) in [6.45, 7) is 4.51. The van der Waals surface area contributed by atoms with Gasteiger partial charge < -0.3 is 5.32 Å². The molecule has 4 heteroatoms. The van der Waals surface area contributed by atoms with Gasteiger partial charge in [-0.2, -0.15) is 0 Å². The zero-order valence-corrected chi connectivity index (χ0v) is 11.4. The average Bonchev–Trinajstić information content (AvgIpc) is 2.58. The number of nitrogens with zero attached hydrogens (tertiary/aromatic N) is 1. The van der Waals surface area contributed by atoms with Crippen LogP contribution in [0.15, 0.2) is 28.7 Å². The second kappa shape index (κ2) is 6.28. The molecule has 17 heavy (non-hydrogen) atoms. The van der Waals surface area contributed by atoms with Crippen molar-refractivity contribution in [2.75, 3.05) is 32.7 Å². The Balaban J connectivity index is 1.98. The van der Waals surface area contributed by atoms with Crippen molar-refractivity contribution in [3.63, 3.8) is 0 Å². The lowest BCUT2D eigenvalue weighted by Gasteiger charge is -2.18. The molecule has 1 aromatic carbocycles. The van der Waals surface area contributed by atoms with E-state index < -0.39 is 0 Å². The normalized spacial score (nSPS) is 17.7. The molecule has 1 heterocycles. The Morgan fingerprint density at radius 3 is 2.94 bits per heavy atom. The van der Waals surface area contributed by atoms with E-state index in [-0.39, 0.29) is 5.78 Å². The van der Waals surface area contributed by atoms with E-state index in [2.05, 4.69) is 26.1 Å². The maximum absolute atomic E-state index is 12.2. The van der Waals surface area contributed by atoms with Crippen LogP contribution in [-0.4, -0.2) is 43.4 Å². The van der Waals surface area contributed by atoms with Crippen LogP contribution in [0.4, 0.5) is 0 Å². The maximum Gasteiger partial charge on any atom is 0.177 e. The molecule has 1 N–H and O–H groups in total. The van der Waals surface area contributed by atoms with E-state index in [1.807, 2.05) is 24.3 Å². The quantitative estimate of drug-likeness (QED) is 0.865. The Kier molecular flexibility index (Phi) is 4.71. The fraction of sp³-hybridized carbons (Fsp3) is 0.462. The summed E-state index contributed by atoms with van der Waals surface area (Å²) in [6.07, 6.45) is 1.11. The SMILES string of the molecule is O=C(CN1CCCNCC1)c1ccccc1Br. The molecule has 1 aromatic rings. The molecule has 0 unspecified atom stereocenters. The first-order chi connectivity index (χ1) is 8.27. The molecule has 0 atom stereocenters. The van der Waals surface area contributed by atoms with Gasteiger partial charge >= 0.3 is 0 Å². The minimum absolute atomic E-state index is 0.194. The fourth-order valence-electron chi connectivity index (χ4n) is 2.04. The number of halogens is 1. The minimum atomic E-state index is 0.194. The van der Waals surface area contributed by atoms with E-state index in [1.54, 1.807) is 0 Å². The van der Waals surface area contributed by atoms with Crippen molar-refractivity contribution < 1.29 is 4.79 Å². The van der Waals surface area contributed by atoms with Gasteiger partial charge in [0.05, 0.1) is 6.54 Å². The second-order valence-electron chi connectivity index (χ2n) is 4.28. The summed E-state index contributed by atoms with van der Waals surface area (Å²) in [6, 6.07) is 7.62. The van der Waals surface area contributed by atoms with E-state index in [1.165, 1.54) is 0 Å². The second-order valence-corrected chi connectivity index (χ2v) is 5.14. The van der Waals surface area contributed by atoms with Crippen molar-refractivity contribution >= 4 is 21.7 Å². The number of rotatable bonds is 3. The number of benzene rings is 1. The van der Waals surface area contributed by atoms with Crippen LogP contribution in [0.3, 0.4) is 0 Å². The number of carbonyl (C=O) groups excluding carboxylic acids is 1. The van der Waals surface area contributed by atoms with Gasteiger partial charge in [0, 0.05) is 23.1 Å². The molecule has 1 fully saturated rings. The highest BCUT2D eigenvalue weighted by Gasteiger charge is 2.15. The zero-order chi connectivity index (χ0) is 12.1. The molecule has 1 saturated heterocycles. The highest BCUT2D eigenvalue weighted by Crippen LogP contribution is 2.16. The Morgan fingerprint density at radius 2 is 2.12 bits per heavy atom. The smallest absolute Gasteiger partial charge is 0.177 e. The van der Waals surface area contributed by atoms with Crippen molar-refractivity contribution in [3.05, 3.63) is 34.3 Å². The molecule has 0 aliphatic carbocycles. The third-order valence-electron chi connectivity index (χ3n) is 2.97. The summed E-state index contributed by atoms with van der Waals surface area (Å²) in [5.41, 5.74) is 0.782. The standard InChI is InChI=1S/C13H17BrN2O/c14-12-5-2-1-4-11(12)13(17)10-16-8-3-6-15-7-9-16/h1-2,4-5,15H,3,6-10H2. The summed E-state index contributed by atoms with van der Waals surface area (Å²) in [7, 11) is 0. The van der Waals surface area contributed by atoms with Gasteiger partial charge in [-0.25, -0.2) is 0 Å². The summed E-state index contributed by atoms with van der Waals surface area (Å²) in [4.78, 5) is 14.4. The fourth-order valence-corrected chi connectivity index (χ4v) is 2.54. The first kappa shape index (κ1) is 12.7. The van der Waals surface area contributed by atoms with Crippen molar-refractivity contribution in [1.82, 2.24) is 10.2 Å². The van der Waals surface area contributed by atoms with Gasteiger partial charge in [-0.15, -0.1) is 0 Å². The predicted octanol–water partition coefficient (Wildman–Crippen LogP) is 1.93. The summed E-state index contributed by atoms with van der Waals surface area (Å²) >= 11 is 3.43. The molecule has 0 bridgehead atoms. The molecule has 1 aliphatic rings. The number of ketones is 1. The third kappa shape index (κ3) is 3.63. The van der Waals surface area contributed by atoms with Crippen LogP contribution in [0.2, 0.25) is 0 Å². The monoisotopic (exact) mass is 296 g/mol. The number of nitrogens with one attached hydrogen (secondary N) is 1. The van der Waals surface area contributed by atoms with Gasteiger partial charge in [-0.1, -0.05) is 34.1 Å². The Labute approximate surface area is 110 Å². The first-order valence-corrected chi connectivity index (χ1v) is 6.77. The van der Waals surface area contributed by atoms with Crippen molar-refractivity contribution in [3.8, 4) is 0 Å². The molecule has 92 valence electrons. The maximum atomic E-state index is 12.2. The van der Waals surface area contributed by atoms with Crippen molar-refractivity contribution in [2.45, 2.75) is 6.42 Å². The van der Waals surface area contributed by atoms with Crippen LogP contribution in [-0.2, 0) is 0 Å². The lowest BCUT2D eigenvalue weighted by molar-refractivity contribution is 0.0934. The van der Waals surface area contributed by atoms with Crippen LogP contribution in [0, 0.1) is 0 Å². The largest absolute Gasteiger partial charge is 0.315 e. The van der Waals surface area contributed by atoms with Crippen LogP contribution >= 0.6 is 15.9 Å². The molecule has 0 radical (unpaired) electrons. The number of Topliss-reactive ketones (excluding diaryl/α,β-unsaturated/α-hetero) is 1. The number of carbonyl (C=O) groups is 1. The lowest BCUT2D eigenvalue weighted by atomic mass is 10.1. The van der Waals surface area contributed by atoms with Crippen LogP contribution in [0.25, 0.3) is 0 Å². The van der Waals surface area contributed by atoms with E-state index >= 15 is 0 Å². The molecule has 0 saturated carbocycles. The lowest BCUT2D eigenvalue weighted by Crippen LogP contribution is -2.33. The summed E-state index contributed by atoms with van der Waals surface area (Å²) < 4.78 is 0.887. The highest BCUT2D eigenvalue weighted by molar-refractivity contribution is 9.10. The van der Waals surface area contributed by atoms with Gasteiger partial charge in [-0.05, 0) is 25.6 Å². The zero-order valence-electron chi connectivity index (χ0n) is 9.79. The van der Waals surface area contributed by atoms with Crippen LogP contribution in [0.5, 0.6) is 0 Å². The molecule has 0 spiro atoms. The molecular formula is C13H17BrN2O. The van der Waals surface area contributed by atoms with Gasteiger partial charge in [-0.3, -0.25) is 9.69 Å². The minimum Gasteiger partial charge on any atom is -0.315 e. The average molecular weight is 297 g/mol. The third-order valence-corrected chi connectivity index (χ3v) is 3.67. The van der Waals surface area contributed by atoms with Crippen molar-refractivity contribution in [2.24, 2.45) is 0 Å². The van der Waals surface area contributed by atoms with Crippen molar-refractivity contribution in [1.29, 1.82) is 0 Å². The molecule has 0 amide bonds. The van der Waals surface area contributed by atoms with Gasteiger partial charge in [0.15, 0.2) is 5.78 Å². The Hall–Kier alpha value is -0.710. The van der Waals surface area contributed by atoms with Crippen LogP contribution < -0.4 is 5.32 Å². The Morgan fingerprint density at radius 1 is 1.29 bits per heavy atom. The van der Waals surface area contributed by atoms with Gasteiger partial charge in [0.25, 0.3) is 0 Å². The van der Waals surface area contributed by atoms with E-state index in [4.69, 9.17) is 0 Å². The molecule has 3 nitrogen and oxygen atoms in total. The Bertz CT molecular complexity index is 387. The summed E-state index contributed by atoms with van der Waals surface area (Å²) in [5, 5.41) is 3.34.